The van der Waals surface area contributed by atoms with Gasteiger partial charge < -0.3 is 5.32 Å². The molecule has 0 aliphatic heterocycles. The molecule has 0 bridgehead atoms. The van der Waals surface area contributed by atoms with E-state index >= 15 is 0 Å². The molecule has 150 valence electrons. The lowest BCUT2D eigenvalue weighted by Crippen LogP contribution is -2.29. The van der Waals surface area contributed by atoms with E-state index in [1.165, 1.54) is 12.1 Å². The molecule has 0 radical (unpaired) electrons. The lowest BCUT2D eigenvalue weighted by atomic mass is 9.92. The van der Waals surface area contributed by atoms with Crippen molar-refractivity contribution in [1.82, 2.24) is 15.3 Å². The maximum Gasteiger partial charge on any atom is 0.433 e. The van der Waals surface area contributed by atoms with E-state index in [0.29, 0.717) is 5.56 Å². The molecular formula is C20H14Cl2F3N3O. The van der Waals surface area contributed by atoms with Gasteiger partial charge in [-0.3, -0.25) is 14.8 Å². The van der Waals surface area contributed by atoms with Gasteiger partial charge in [-0.1, -0.05) is 35.3 Å². The van der Waals surface area contributed by atoms with Crippen LogP contribution in [0.3, 0.4) is 0 Å². The third-order valence-corrected chi connectivity index (χ3v) is 5.07. The molecule has 0 spiro atoms. The lowest BCUT2D eigenvalue weighted by Gasteiger charge is -2.19. The first-order valence-electron chi connectivity index (χ1n) is 8.42. The summed E-state index contributed by atoms with van der Waals surface area (Å²) in [5.74, 6) is -0.883. The fraction of sp³-hybridized carbons (Fsp3) is 0.150. The van der Waals surface area contributed by atoms with Crippen LogP contribution in [0.4, 0.5) is 13.2 Å². The van der Waals surface area contributed by atoms with Crippen LogP contribution in [0.2, 0.25) is 10.0 Å². The normalized spacial score (nSPS) is 12.4. The van der Waals surface area contributed by atoms with Crippen LogP contribution in [0.25, 0.3) is 0 Å². The third-order valence-electron chi connectivity index (χ3n) is 4.25. The van der Waals surface area contributed by atoms with Crippen molar-refractivity contribution in [2.75, 3.05) is 6.54 Å². The summed E-state index contributed by atoms with van der Waals surface area (Å²) in [4.78, 5) is 20.0. The van der Waals surface area contributed by atoms with Crippen molar-refractivity contribution in [2.24, 2.45) is 0 Å². The van der Waals surface area contributed by atoms with Crippen molar-refractivity contribution in [3.63, 3.8) is 0 Å². The van der Waals surface area contributed by atoms with Crippen LogP contribution in [0.5, 0.6) is 0 Å². The van der Waals surface area contributed by atoms with Crippen molar-refractivity contribution >= 4 is 29.1 Å². The minimum atomic E-state index is -4.53. The topological polar surface area (TPSA) is 54.9 Å². The fourth-order valence-corrected chi connectivity index (χ4v) is 3.16. The Labute approximate surface area is 174 Å². The Balaban J connectivity index is 1.85. The minimum absolute atomic E-state index is 0.110. The van der Waals surface area contributed by atoms with Crippen LogP contribution in [0.15, 0.2) is 61.1 Å². The number of rotatable bonds is 5. The Bertz CT molecular complexity index is 996. The van der Waals surface area contributed by atoms with Crippen molar-refractivity contribution in [3.8, 4) is 0 Å². The van der Waals surface area contributed by atoms with Crippen LogP contribution in [-0.4, -0.2) is 22.4 Å². The molecule has 3 aromatic rings. The van der Waals surface area contributed by atoms with Crippen molar-refractivity contribution < 1.29 is 18.0 Å². The summed E-state index contributed by atoms with van der Waals surface area (Å²) in [6.45, 7) is 0.110. The number of carbonyl (C=O) groups excluding carboxylic acids is 1. The molecule has 0 saturated carbocycles. The average molecular weight is 440 g/mol. The van der Waals surface area contributed by atoms with E-state index in [9.17, 15) is 18.0 Å². The quantitative estimate of drug-likeness (QED) is 0.581. The summed E-state index contributed by atoms with van der Waals surface area (Å²) in [5.41, 5.74) is 0.503. The second kappa shape index (κ2) is 8.80. The standard InChI is InChI=1S/C20H14Cl2F3N3O/c21-16-3-1-2-14(18(16)22)19(29)28-11-15(12-6-8-26-9-7-12)13-4-5-17(27-10-13)20(23,24)25/h1-10,15H,11H2,(H,28,29). The van der Waals surface area contributed by atoms with Gasteiger partial charge in [0.05, 0.1) is 15.6 Å². The van der Waals surface area contributed by atoms with Gasteiger partial charge in [0.25, 0.3) is 5.91 Å². The molecule has 0 saturated heterocycles. The van der Waals surface area contributed by atoms with Crippen LogP contribution in [-0.2, 0) is 6.18 Å². The molecule has 1 N–H and O–H groups in total. The Morgan fingerprint density at radius 3 is 2.38 bits per heavy atom. The molecule has 29 heavy (non-hydrogen) atoms. The number of amides is 1. The van der Waals surface area contributed by atoms with E-state index in [1.807, 2.05) is 0 Å². The fourth-order valence-electron chi connectivity index (χ4n) is 2.77. The number of halogens is 5. The molecule has 2 aromatic heterocycles. The second-order valence-corrected chi connectivity index (χ2v) is 6.90. The molecule has 3 rings (SSSR count). The van der Waals surface area contributed by atoms with Crippen LogP contribution in [0, 0.1) is 0 Å². The highest BCUT2D eigenvalue weighted by molar-refractivity contribution is 6.43. The average Bonchev–Trinajstić information content (AvgIpc) is 2.70. The zero-order valence-electron chi connectivity index (χ0n) is 14.8. The number of nitrogens with zero attached hydrogens (tertiary/aromatic N) is 2. The largest absolute Gasteiger partial charge is 0.433 e. The van der Waals surface area contributed by atoms with Crippen LogP contribution >= 0.6 is 23.2 Å². The van der Waals surface area contributed by atoms with Gasteiger partial charge in [0.15, 0.2) is 0 Å². The van der Waals surface area contributed by atoms with Gasteiger partial charge in [-0.05, 0) is 41.5 Å². The molecule has 0 aliphatic rings. The Morgan fingerprint density at radius 2 is 1.76 bits per heavy atom. The smallest absolute Gasteiger partial charge is 0.351 e. The maximum absolute atomic E-state index is 12.8. The first-order chi connectivity index (χ1) is 13.8. The Hall–Kier alpha value is -2.64. The SMILES string of the molecule is O=C(NCC(c1ccncc1)c1ccc(C(F)(F)F)nc1)c1cccc(Cl)c1Cl. The van der Waals surface area contributed by atoms with Crippen LogP contribution in [0.1, 0.15) is 33.1 Å². The summed E-state index contributed by atoms with van der Waals surface area (Å²) in [7, 11) is 0. The number of carbonyl (C=O) groups is 1. The van der Waals surface area contributed by atoms with E-state index < -0.39 is 23.7 Å². The van der Waals surface area contributed by atoms with Gasteiger partial charge in [-0.15, -0.1) is 0 Å². The van der Waals surface area contributed by atoms with E-state index in [1.54, 1.807) is 36.7 Å². The number of alkyl halides is 3. The highest BCUT2D eigenvalue weighted by Gasteiger charge is 2.32. The number of hydrogen-bond donors (Lipinski definition) is 1. The molecule has 1 unspecified atom stereocenters. The predicted molar refractivity (Wildman–Crippen MR) is 104 cm³/mol. The summed E-state index contributed by atoms with van der Waals surface area (Å²) in [6, 6.07) is 10.4. The minimum Gasteiger partial charge on any atom is -0.351 e. The van der Waals surface area contributed by atoms with Gasteiger partial charge in [0.1, 0.15) is 5.69 Å². The molecule has 1 aromatic carbocycles. The van der Waals surface area contributed by atoms with Gasteiger partial charge >= 0.3 is 6.18 Å². The molecule has 1 atom stereocenters. The molecule has 4 nitrogen and oxygen atoms in total. The summed E-state index contributed by atoms with van der Waals surface area (Å²) < 4.78 is 38.4. The number of aromatic nitrogens is 2. The first-order valence-corrected chi connectivity index (χ1v) is 9.18. The zero-order chi connectivity index (χ0) is 21.0. The predicted octanol–water partition coefficient (Wildman–Crippen LogP) is 5.36. The van der Waals surface area contributed by atoms with Gasteiger partial charge in [0.2, 0.25) is 0 Å². The van der Waals surface area contributed by atoms with Crippen molar-refractivity contribution in [1.29, 1.82) is 0 Å². The van der Waals surface area contributed by atoms with Gasteiger partial charge in [-0.25, -0.2) is 0 Å². The molecular weight excluding hydrogens is 426 g/mol. The zero-order valence-corrected chi connectivity index (χ0v) is 16.3. The van der Waals surface area contributed by atoms with E-state index in [0.717, 1.165) is 17.8 Å². The summed E-state index contributed by atoms with van der Waals surface area (Å²) in [5, 5.41) is 3.13. The number of nitrogens with one attached hydrogen (secondary N) is 1. The van der Waals surface area contributed by atoms with Crippen molar-refractivity contribution in [3.05, 3.63) is 93.5 Å². The summed E-state index contributed by atoms with van der Waals surface area (Å²) >= 11 is 12.0. The van der Waals surface area contributed by atoms with E-state index in [-0.39, 0.29) is 22.2 Å². The second-order valence-electron chi connectivity index (χ2n) is 6.12. The van der Waals surface area contributed by atoms with E-state index in [4.69, 9.17) is 23.2 Å². The van der Waals surface area contributed by atoms with E-state index in [2.05, 4.69) is 15.3 Å². The van der Waals surface area contributed by atoms with Crippen LogP contribution < -0.4 is 5.32 Å². The molecule has 0 fully saturated rings. The highest BCUT2D eigenvalue weighted by atomic mass is 35.5. The molecule has 2 heterocycles. The Morgan fingerprint density at radius 1 is 1.03 bits per heavy atom. The maximum atomic E-state index is 12.8. The van der Waals surface area contributed by atoms with Gasteiger partial charge in [0, 0.05) is 31.1 Å². The molecule has 0 aliphatic carbocycles. The molecule has 9 heteroatoms. The number of hydrogen-bond acceptors (Lipinski definition) is 3. The Kier molecular flexibility index (Phi) is 6.39. The first kappa shape index (κ1) is 21.1. The lowest BCUT2D eigenvalue weighted by molar-refractivity contribution is -0.141. The van der Waals surface area contributed by atoms with Crippen molar-refractivity contribution in [2.45, 2.75) is 12.1 Å². The monoisotopic (exact) mass is 439 g/mol. The summed E-state index contributed by atoms with van der Waals surface area (Å²) in [6.07, 6.45) is -0.236. The highest BCUT2D eigenvalue weighted by Crippen LogP contribution is 2.30. The third kappa shape index (κ3) is 5.05. The number of benzene rings is 1. The number of pyridine rings is 2. The molecule has 1 amide bonds. The van der Waals surface area contributed by atoms with Gasteiger partial charge in [-0.2, -0.15) is 13.2 Å².